The van der Waals surface area contributed by atoms with Crippen molar-refractivity contribution >= 4 is 11.0 Å². The van der Waals surface area contributed by atoms with E-state index in [2.05, 4.69) is 15.0 Å². The Labute approximate surface area is 176 Å². The number of halogens is 4. The average Bonchev–Trinajstić information content (AvgIpc) is 3.41. The van der Waals surface area contributed by atoms with E-state index in [0.717, 1.165) is 27.9 Å². The molecule has 0 bridgehead atoms. The Bertz CT molecular complexity index is 1200. The Balaban J connectivity index is 1.61. The Hall–Kier alpha value is -3.16. The lowest BCUT2D eigenvalue weighted by Crippen LogP contribution is -2.28. The van der Waals surface area contributed by atoms with Crippen molar-refractivity contribution in [1.29, 1.82) is 0 Å². The van der Waals surface area contributed by atoms with Crippen LogP contribution in [0.25, 0.3) is 33.5 Å². The van der Waals surface area contributed by atoms with Gasteiger partial charge in [0.05, 0.1) is 23.6 Å². The number of pyridine rings is 1. The lowest BCUT2D eigenvalue weighted by molar-refractivity contribution is -0.183. The zero-order chi connectivity index (χ0) is 21.6. The normalized spacial score (nSPS) is 19.7. The third-order valence-electron chi connectivity index (χ3n) is 6.18. The van der Waals surface area contributed by atoms with Gasteiger partial charge in [0.1, 0.15) is 11.5 Å². The van der Waals surface area contributed by atoms with E-state index in [0.29, 0.717) is 18.5 Å². The molecule has 0 unspecified atom stereocenters. The highest BCUT2D eigenvalue weighted by Crippen LogP contribution is 2.44. The molecule has 1 aromatic carbocycles. The number of fused-ring (bicyclic) bond motifs is 1. The molecule has 4 aromatic rings. The van der Waals surface area contributed by atoms with Gasteiger partial charge in [-0.1, -0.05) is 0 Å². The molecule has 0 atom stereocenters. The molecule has 3 heterocycles. The molecular weight excluding hydrogens is 408 g/mol. The second kappa shape index (κ2) is 7.51. The monoisotopic (exact) mass is 428 g/mol. The van der Waals surface area contributed by atoms with E-state index in [-0.39, 0.29) is 24.7 Å². The quantitative estimate of drug-likeness (QED) is 0.377. The van der Waals surface area contributed by atoms with Crippen molar-refractivity contribution in [2.75, 3.05) is 0 Å². The summed E-state index contributed by atoms with van der Waals surface area (Å²) in [5, 5.41) is 0.900. The maximum Gasteiger partial charge on any atom is 0.391 e. The summed E-state index contributed by atoms with van der Waals surface area (Å²) in [6, 6.07) is 9.82. The first-order valence-corrected chi connectivity index (χ1v) is 10.2. The van der Waals surface area contributed by atoms with Crippen LogP contribution in [0.15, 0.2) is 55.1 Å². The van der Waals surface area contributed by atoms with Gasteiger partial charge < -0.3 is 9.55 Å². The van der Waals surface area contributed by atoms with E-state index in [1.807, 2.05) is 16.7 Å². The fourth-order valence-corrected chi connectivity index (χ4v) is 4.57. The fourth-order valence-electron chi connectivity index (χ4n) is 4.57. The van der Waals surface area contributed by atoms with Crippen molar-refractivity contribution in [3.63, 3.8) is 0 Å². The molecule has 0 spiro atoms. The van der Waals surface area contributed by atoms with Crippen LogP contribution in [-0.4, -0.2) is 25.7 Å². The highest BCUT2D eigenvalue weighted by atomic mass is 19.4. The van der Waals surface area contributed by atoms with Crippen LogP contribution in [-0.2, 0) is 0 Å². The van der Waals surface area contributed by atoms with Crippen molar-refractivity contribution in [2.24, 2.45) is 5.92 Å². The fraction of sp³-hybridized carbons (Fsp3) is 0.304. The molecule has 0 amide bonds. The predicted octanol–water partition coefficient (Wildman–Crippen LogP) is 6.53. The maximum absolute atomic E-state index is 13.5. The molecule has 1 N–H and O–H groups in total. The molecule has 0 saturated heterocycles. The minimum atomic E-state index is -4.15. The van der Waals surface area contributed by atoms with Gasteiger partial charge in [0, 0.05) is 34.9 Å². The molecule has 1 fully saturated rings. The second-order valence-electron chi connectivity index (χ2n) is 8.00. The number of aromatic amines is 1. The first-order valence-electron chi connectivity index (χ1n) is 10.2. The summed E-state index contributed by atoms with van der Waals surface area (Å²) in [4.78, 5) is 12.1. The topological polar surface area (TPSA) is 46.5 Å². The van der Waals surface area contributed by atoms with Gasteiger partial charge in [-0.3, -0.25) is 0 Å². The summed E-state index contributed by atoms with van der Waals surface area (Å²) in [6.45, 7) is 0. The van der Waals surface area contributed by atoms with Gasteiger partial charge in [-0.15, -0.1) is 0 Å². The third kappa shape index (κ3) is 3.60. The van der Waals surface area contributed by atoms with Crippen molar-refractivity contribution in [1.82, 2.24) is 19.5 Å². The first-order chi connectivity index (χ1) is 14.9. The molecule has 4 nitrogen and oxygen atoms in total. The molecule has 160 valence electrons. The highest BCUT2D eigenvalue weighted by Gasteiger charge is 2.42. The van der Waals surface area contributed by atoms with Crippen LogP contribution in [0.5, 0.6) is 0 Å². The van der Waals surface area contributed by atoms with Crippen LogP contribution in [0.1, 0.15) is 31.7 Å². The van der Waals surface area contributed by atoms with Gasteiger partial charge in [-0.2, -0.15) is 13.2 Å². The Morgan fingerprint density at radius 2 is 1.68 bits per heavy atom. The van der Waals surface area contributed by atoms with Gasteiger partial charge >= 0.3 is 6.18 Å². The zero-order valence-electron chi connectivity index (χ0n) is 16.5. The van der Waals surface area contributed by atoms with Gasteiger partial charge in [-0.25, -0.2) is 14.4 Å². The smallest absolute Gasteiger partial charge is 0.346 e. The predicted molar refractivity (Wildman–Crippen MR) is 110 cm³/mol. The standard InChI is InChI=1S/C23H20F4N4/c24-16-5-1-14(2-6-16)20-21(18-9-11-28-22-19(18)10-12-29-22)31(13-30-20)17-7-3-15(4-8-17)23(25,26)27/h1-2,5-6,9-13,15,17H,3-4,7-8H2,(H,28,29)/t15-,17-. The lowest BCUT2D eigenvalue weighted by atomic mass is 9.85. The number of benzene rings is 1. The van der Waals surface area contributed by atoms with Gasteiger partial charge in [0.2, 0.25) is 0 Å². The van der Waals surface area contributed by atoms with Crippen LogP contribution >= 0.6 is 0 Å². The Morgan fingerprint density at radius 3 is 2.39 bits per heavy atom. The number of nitrogens with one attached hydrogen (secondary N) is 1. The largest absolute Gasteiger partial charge is 0.391 e. The first kappa shape index (κ1) is 19.8. The van der Waals surface area contributed by atoms with E-state index < -0.39 is 12.1 Å². The number of alkyl halides is 3. The minimum Gasteiger partial charge on any atom is -0.346 e. The molecule has 3 aromatic heterocycles. The van der Waals surface area contributed by atoms with Crippen molar-refractivity contribution in [2.45, 2.75) is 37.9 Å². The average molecular weight is 428 g/mol. The van der Waals surface area contributed by atoms with Crippen molar-refractivity contribution in [3.8, 4) is 22.5 Å². The van der Waals surface area contributed by atoms with Crippen LogP contribution in [0.3, 0.4) is 0 Å². The van der Waals surface area contributed by atoms with Gasteiger partial charge in [-0.05, 0) is 62.1 Å². The van der Waals surface area contributed by atoms with E-state index in [4.69, 9.17) is 0 Å². The number of hydrogen-bond acceptors (Lipinski definition) is 2. The third-order valence-corrected chi connectivity index (χ3v) is 6.18. The number of rotatable bonds is 3. The Morgan fingerprint density at radius 1 is 0.935 bits per heavy atom. The number of H-pyrrole nitrogens is 1. The van der Waals surface area contributed by atoms with E-state index in [9.17, 15) is 17.6 Å². The zero-order valence-corrected chi connectivity index (χ0v) is 16.5. The second-order valence-corrected chi connectivity index (χ2v) is 8.00. The maximum atomic E-state index is 13.5. The van der Waals surface area contributed by atoms with Crippen LogP contribution in [0.2, 0.25) is 0 Å². The molecule has 0 aliphatic heterocycles. The number of imidazole rings is 1. The SMILES string of the molecule is Fc1ccc(-c2ncn([C@H]3CC[C@H](C(F)(F)F)CC3)c2-c2ccnc3[nH]ccc23)cc1. The molecule has 31 heavy (non-hydrogen) atoms. The molecule has 0 radical (unpaired) electrons. The van der Waals surface area contributed by atoms with Crippen molar-refractivity contribution in [3.05, 3.63) is 60.9 Å². The van der Waals surface area contributed by atoms with E-state index in [1.165, 1.54) is 12.1 Å². The summed E-state index contributed by atoms with van der Waals surface area (Å²) in [6.07, 6.45) is 2.11. The molecule has 8 heteroatoms. The van der Waals surface area contributed by atoms with Gasteiger partial charge in [0.15, 0.2) is 0 Å². The van der Waals surface area contributed by atoms with E-state index >= 15 is 0 Å². The number of aromatic nitrogens is 4. The van der Waals surface area contributed by atoms with Gasteiger partial charge in [0.25, 0.3) is 0 Å². The molecule has 1 aliphatic rings. The summed E-state index contributed by atoms with van der Waals surface area (Å²) >= 11 is 0. The Kier molecular flexibility index (Phi) is 4.79. The summed E-state index contributed by atoms with van der Waals surface area (Å²) < 4.78 is 54.9. The summed E-state index contributed by atoms with van der Waals surface area (Å²) in [5.41, 5.74) is 3.84. The van der Waals surface area contributed by atoms with Crippen molar-refractivity contribution < 1.29 is 17.6 Å². The number of nitrogens with zero attached hydrogens (tertiary/aromatic N) is 3. The molecule has 5 rings (SSSR count). The number of hydrogen-bond donors (Lipinski definition) is 1. The highest BCUT2D eigenvalue weighted by molar-refractivity contribution is 5.95. The van der Waals surface area contributed by atoms with Crippen LogP contribution in [0, 0.1) is 11.7 Å². The lowest BCUT2D eigenvalue weighted by Gasteiger charge is -2.31. The molecule has 1 saturated carbocycles. The summed E-state index contributed by atoms with van der Waals surface area (Å²) in [5.74, 6) is -1.59. The van der Waals surface area contributed by atoms with E-state index in [1.54, 1.807) is 30.9 Å². The summed E-state index contributed by atoms with van der Waals surface area (Å²) in [7, 11) is 0. The minimum absolute atomic E-state index is 0.0857. The molecule has 1 aliphatic carbocycles. The van der Waals surface area contributed by atoms with Crippen LogP contribution < -0.4 is 0 Å². The molecular formula is C23H20F4N4. The van der Waals surface area contributed by atoms with Crippen LogP contribution in [0.4, 0.5) is 17.6 Å².